The molecule has 8 nitrogen and oxygen atoms in total. The highest BCUT2D eigenvalue weighted by Crippen LogP contribution is 2.25. The summed E-state index contributed by atoms with van der Waals surface area (Å²) < 4.78 is 37.0. The van der Waals surface area contributed by atoms with Gasteiger partial charge in [-0.05, 0) is 30.3 Å². The van der Waals surface area contributed by atoms with E-state index in [0.717, 1.165) is 0 Å². The van der Waals surface area contributed by atoms with Crippen LogP contribution in [0, 0.1) is 0 Å². The lowest BCUT2D eigenvalue weighted by atomic mass is 10.2. The first-order chi connectivity index (χ1) is 11.9. The van der Waals surface area contributed by atoms with Crippen molar-refractivity contribution >= 4 is 21.6 Å². The largest absolute Gasteiger partial charge is 0.497 e. The zero-order chi connectivity index (χ0) is 18.3. The van der Waals surface area contributed by atoms with Gasteiger partial charge in [0.25, 0.3) is 0 Å². The third kappa shape index (κ3) is 5.73. The van der Waals surface area contributed by atoms with E-state index in [4.69, 9.17) is 9.47 Å². The lowest BCUT2D eigenvalue weighted by Crippen LogP contribution is -2.33. The van der Waals surface area contributed by atoms with Gasteiger partial charge in [0.05, 0.1) is 38.4 Å². The zero-order valence-electron chi connectivity index (χ0n) is 13.9. The number of hydrogen-bond donors (Lipinski definition) is 2. The summed E-state index contributed by atoms with van der Waals surface area (Å²) in [6.45, 7) is -0.385. The van der Waals surface area contributed by atoms with Crippen molar-refractivity contribution in [3.8, 4) is 11.5 Å². The maximum absolute atomic E-state index is 12.2. The number of methoxy groups -OCH3 is 2. The number of nitrogens with one attached hydrogen (secondary N) is 2. The maximum Gasteiger partial charge on any atom is 0.239 e. The lowest BCUT2D eigenvalue weighted by Gasteiger charge is -2.12. The number of aromatic nitrogens is 1. The molecule has 1 aromatic heterocycles. The monoisotopic (exact) mass is 365 g/mol. The normalized spacial score (nSPS) is 11.0. The Labute approximate surface area is 146 Å². The van der Waals surface area contributed by atoms with Crippen molar-refractivity contribution in [2.24, 2.45) is 0 Å². The highest BCUT2D eigenvalue weighted by atomic mass is 32.2. The van der Waals surface area contributed by atoms with Crippen LogP contribution in [0.3, 0.4) is 0 Å². The van der Waals surface area contributed by atoms with Gasteiger partial charge in [-0.3, -0.25) is 9.78 Å². The van der Waals surface area contributed by atoms with Gasteiger partial charge in [-0.25, -0.2) is 13.1 Å². The number of carbonyl (C=O) groups excluding carboxylic acids is 1. The van der Waals surface area contributed by atoms with Gasteiger partial charge >= 0.3 is 0 Å². The molecule has 2 rings (SSSR count). The summed E-state index contributed by atoms with van der Waals surface area (Å²) in [4.78, 5) is 15.7. The van der Waals surface area contributed by atoms with Crippen molar-refractivity contribution in [2.45, 2.75) is 5.75 Å². The molecular weight excluding hydrogens is 346 g/mol. The molecule has 0 aliphatic carbocycles. The van der Waals surface area contributed by atoms with Crippen LogP contribution in [0.15, 0.2) is 42.7 Å². The fourth-order valence-electron chi connectivity index (χ4n) is 2.07. The Morgan fingerprint density at radius 1 is 1.20 bits per heavy atom. The van der Waals surface area contributed by atoms with Crippen LogP contribution in [0.1, 0.15) is 5.56 Å². The molecule has 0 radical (unpaired) electrons. The summed E-state index contributed by atoms with van der Waals surface area (Å²) in [7, 11) is -0.803. The summed E-state index contributed by atoms with van der Waals surface area (Å²) in [5.74, 6) is 0.105. The number of amides is 1. The molecule has 0 fully saturated rings. The Morgan fingerprint density at radius 2 is 2.00 bits per heavy atom. The summed E-state index contributed by atoms with van der Waals surface area (Å²) >= 11 is 0. The molecule has 134 valence electrons. The summed E-state index contributed by atoms with van der Waals surface area (Å²) in [5.41, 5.74) is 0.920. The number of anilines is 1. The molecule has 0 bridgehead atoms. The minimum atomic E-state index is -3.74. The van der Waals surface area contributed by atoms with E-state index < -0.39 is 15.9 Å². The van der Waals surface area contributed by atoms with Crippen LogP contribution >= 0.6 is 0 Å². The molecule has 1 aromatic carbocycles. The lowest BCUT2D eigenvalue weighted by molar-refractivity contribution is -0.115. The molecule has 25 heavy (non-hydrogen) atoms. The Kier molecular flexibility index (Phi) is 6.31. The van der Waals surface area contributed by atoms with Crippen LogP contribution < -0.4 is 19.5 Å². The Bertz CT molecular complexity index is 825. The van der Waals surface area contributed by atoms with Crippen LogP contribution in [-0.2, 0) is 20.6 Å². The number of carbonyl (C=O) groups is 1. The SMILES string of the molecule is COc1ccc(OC)c(CS(=O)(=O)NCC(=O)Nc2cccnc2)c1. The smallest absolute Gasteiger partial charge is 0.239 e. The highest BCUT2D eigenvalue weighted by Gasteiger charge is 2.17. The summed E-state index contributed by atoms with van der Waals surface area (Å²) in [6.07, 6.45) is 3.04. The van der Waals surface area contributed by atoms with Crippen LogP contribution in [0.2, 0.25) is 0 Å². The van der Waals surface area contributed by atoms with Crippen molar-refractivity contribution in [2.75, 3.05) is 26.1 Å². The molecule has 0 aliphatic rings. The number of rotatable bonds is 8. The zero-order valence-corrected chi connectivity index (χ0v) is 14.7. The van der Waals surface area contributed by atoms with Gasteiger partial charge in [-0.2, -0.15) is 0 Å². The second-order valence-corrected chi connectivity index (χ2v) is 6.85. The van der Waals surface area contributed by atoms with Crippen LogP contribution in [0.4, 0.5) is 5.69 Å². The third-order valence-corrected chi connectivity index (χ3v) is 4.51. The molecule has 0 atom stereocenters. The predicted octanol–water partition coefficient (Wildman–Crippen LogP) is 1.16. The topological polar surface area (TPSA) is 107 Å². The Morgan fingerprint density at radius 3 is 2.64 bits per heavy atom. The number of sulfonamides is 1. The van der Waals surface area contributed by atoms with Crippen molar-refractivity contribution in [1.82, 2.24) is 9.71 Å². The van der Waals surface area contributed by atoms with Gasteiger partial charge in [0, 0.05) is 11.8 Å². The number of nitrogens with zero attached hydrogens (tertiary/aromatic N) is 1. The molecule has 9 heteroatoms. The molecular formula is C16H19N3O5S. The van der Waals surface area contributed by atoms with Crippen LogP contribution in [0.5, 0.6) is 11.5 Å². The van der Waals surface area contributed by atoms with Crippen molar-refractivity contribution in [3.63, 3.8) is 0 Å². The van der Waals surface area contributed by atoms with Crippen LogP contribution in [0.25, 0.3) is 0 Å². The van der Waals surface area contributed by atoms with Gasteiger partial charge in [-0.15, -0.1) is 0 Å². The molecule has 0 spiro atoms. The molecule has 1 amide bonds. The van der Waals surface area contributed by atoms with Crippen molar-refractivity contribution in [3.05, 3.63) is 48.3 Å². The molecule has 0 saturated carbocycles. The number of ether oxygens (including phenoxy) is 2. The van der Waals surface area contributed by atoms with E-state index in [-0.39, 0.29) is 12.3 Å². The number of benzene rings is 1. The van der Waals surface area contributed by atoms with Gasteiger partial charge in [0.15, 0.2) is 0 Å². The first-order valence-electron chi connectivity index (χ1n) is 7.31. The minimum Gasteiger partial charge on any atom is -0.497 e. The molecule has 0 unspecified atom stereocenters. The summed E-state index contributed by atoms with van der Waals surface area (Å²) in [6, 6.07) is 8.19. The summed E-state index contributed by atoms with van der Waals surface area (Å²) in [5, 5.41) is 2.55. The van der Waals surface area contributed by atoms with Crippen molar-refractivity contribution < 1.29 is 22.7 Å². The van der Waals surface area contributed by atoms with Gasteiger partial charge in [0.1, 0.15) is 11.5 Å². The molecule has 0 aliphatic heterocycles. The standard InChI is InChI=1S/C16H19N3O5S/c1-23-14-5-6-15(24-2)12(8-14)11-25(21,22)18-10-16(20)19-13-4-3-7-17-9-13/h3-9,18H,10-11H2,1-2H3,(H,19,20). The minimum absolute atomic E-state index is 0.340. The van der Waals surface area contributed by atoms with E-state index in [1.165, 1.54) is 20.4 Å². The van der Waals surface area contributed by atoms with E-state index in [1.807, 2.05) is 0 Å². The van der Waals surface area contributed by atoms with Gasteiger partial charge in [0.2, 0.25) is 15.9 Å². The average Bonchev–Trinajstić information content (AvgIpc) is 2.60. The predicted molar refractivity (Wildman–Crippen MR) is 93.0 cm³/mol. The average molecular weight is 365 g/mol. The van der Waals surface area contributed by atoms with Gasteiger partial charge < -0.3 is 14.8 Å². The number of hydrogen-bond acceptors (Lipinski definition) is 6. The van der Waals surface area contributed by atoms with E-state index in [0.29, 0.717) is 22.7 Å². The second kappa shape index (κ2) is 8.45. The Balaban J connectivity index is 1.99. The molecule has 2 aromatic rings. The fraction of sp³-hybridized carbons (Fsp3) is 0.250. The van der Waals surface area contributed by atoms with E-state index in [2.05, 4.69) is 15.0 Å². The quantitative estimate of drug-likeness (QED) is 0.727. The number of pyridine rings is 1. The molecule has 2 N–H and O–H groups in total. The Hall–Kier alpha value is -2.65. The maximum atomic E-state index is 12.2. The molecule has 0 saturated heterocycles. The van der Waals surface area contributed by atoms with Crippen LogP contribution in [-0.4, -0.2) is 40.1 Å². The van der Waals surface area contributed by atoms with Crippen molar-refractivity contribution in [1.29, 1.82) is 0 Å². The fourth-order valence-corrected chi connectivity index (χ4v) is 3.16. The van der Waals surface area contributed by atoms with Gasteiger partial charge in [-0.1, -0.05) is 0 Å². The second-order valence-electron chi connectivity index (χ2n) is 5.05. The molecule has 1 heterocycles. The van der Waals surface area contributed by atoms with E-state index in [1.54, 1.807) is 36.5 Å². The first kappa shape index (κ1) is 18.7. The van der Waals surface area contributed by atoms with E-state index in [9.17, 15) is 13.2 Å². The first-order valence-corrected chi connectivity index (χ1v) is 8.97. The van der Waals surface area contributed by atoms with E-state index >= 15 is 0 Å². The highest BCUT2D eigenvalue weighted by molar-refractivity contribution is 7.88. The third-order valence-electron chi connectivity index (χ3n) is 3.23.